The van der Waals surface area contributed by atoms with E-state index in [-0.39, 0.29) is 11.9 Å². The first-order valence-corrected chi connectivity index (χ1v) is 11.3. The maximum atomic E-state index is 12.8. The standard InChI is InChI=1S/C25H29N5O2/c1-28-22-21(23(31)27-25(28)32)30(17-20-10-6-3-7-11-20)24(26-22)29-14-12-19(13-15-29)16-18-8-4-2-5-9-18/h2-11,19,21-22H,12-17H2,1H3,(H,27,31,32). The highest BCUT2D eigenvalue weighted by atomic mass is 16.2. The molecule has 32 heavy (non-hydrogen) atoms. The van der Waals surface area contributed by atoms with Crippen molar-refractivity contribution in [3.8, 4) is 0 Å². The zero-order valence-corrected chi connectivity index (χ0v) is 18.4. The molecule has 2 aromatic rings. The molecule has 0 bridgehead atoms. The van der Waals surface area contributed by atoms with Crippen molar-refractivity contribution in [1.29, 1.82) is 0 Å². The highest BCUT2D eigenvalue weighted by Crippen LogP contribution is 2.30. The number of rotatable bonds is 4. The molecule has 3 heterocycles. The number of hydrogen-bond donors (Lipinski definition) is 1. The Hall–Kier alpha value is -3.35. The van der Waals surface area contributed by atoms with Gasteiger partial charge in [-0.2, -0.15) is 0 Å². The summed E-state index contributed by atoms with van der Waals surface area (Å²) in [5, 5.41) is 2.49. The number of benzene rings is 2. The number of imide groups is 1. The van der Waals surface area contributed by atoms with Crippen LogP contribution in [0.15, 0.2) is 65.7 Å². The van der Waals surface area contributed by atoms with Crippen molar-refractivity contribution in [3.05, 3.63) is 71.8 Å². The molecule has 3 amide bonds. The molecule has 0 aliphatic carbocycles. The fourth-order valence-electron chi connectivity index (χ4n) is 5.01. The first-order chi connectivity index (χ1) is 15.6. The molecule has 3 aliphatic heterocycles. The fraction of sp³-hybridized carbons (Fsp3) is 0.400. The van der Waals surface area contributed by atoms with Crippen LogP contribution in [0.4, 0.5) is 4.79 Å². The summed E-state index contributed by atoms with van der Waals surface area (Å²) in [5.74, 6) is 1.21. The third-order valence-corrected chi connectivity index (χ3v) is 6.80. The monoisotopic (exact) mass is 431 g/mol. The molecule has 1 N–H and O–H groups in total. The van der Waals surface area contributed by atoms with Gasteiger partial charge >= 0.3 is 6.03 Å². The van der Waals surface area contributed by atoms with Gasteiger partial charge in [0.2, 0.25) is 0 Å². The number of aliphatic imine (C=N–C) groups is 1. The Morgan fingerprint density at radius 2 is 1.56 bits per heavy atom. The summed E-state index contributed by atoms with van der Waals surface area (Å²) in [6.07, 6.45) is 2.78. The molecular formula is C25H29N5O2. The second-order valence-electron chi connectivity index (χ2n) is 8.93. The zero-order valence-electron chi connectivity index (χ0n) is 18.4. The number of carbonyl (C=O) groups is 2. The van der Waals surface area contributed by atoms with Gasteiger partial charge in [-0.05, 0) is 36.3 Å². The molecule has 7 heteroatoms. The minimum atomic E-state index is -0.505. The lowest BCUT2D eigenvalue weighted by Crippen LogP contribution is -2.64. The second kappa shape index (κ2) is 8.65. The van der Waals surface area contributed by atoms with Crippen LogP contribution in [0.25, 0.3) is 0 Å². The van der Waals surface area contributed by atoms with Gasteiger partial charge in [-0.15, -0.1) is 0 Å². The molecule has 2 unspecified atom stereocenters. The predicted octanol–water partition coefficient (Wildman–Crippen LogP) is 2.69. The van der Waals surface area contributed by atoms with Crippen LogP contribution in [0.5, 0.6) is 0 Å². The van der Waals surface area contributed by atoms with E-state index in [1.165, 1.54) is 5.56 Å². The van der Waals surface area contributed by atoms with Crippen LogP contribution in [-0.4, -0.2) is 64.9 Å². The van der Waals surface area contributed by atoms with Gasteiger partial charge in [-0.3, -0.25) is 10.1 Å². The highest BCUT2D eigenvalue weighted by Gasteiger charge is 2.49. The zero-order chi connectivity index (χ0) is 22.1. The van der Waals surface area contributed by atoms with Crippen LogP contribution in [0.2, 0.25) is 0 Å². The molecule has 0 spiro atoms. The number of hydrogen-bond acceptors (Lipinski definition) is 5. The summed E-state index contributed by atoms with van der Waals surface area (Å²) in [6, 6.07) is 19.9. The number of nitrogens with zero attached hydrogens (tertiary/aromatic N) is 4. The summed E-state index contributed by atoms with van der Waals surface area (Å²) < 4.78 is 0. The summed E-state index contributed by atoms with van der Waals surface area (Å²) in [4.78, 5) is 35.9. The van der Waals surface area contributed by atoms with Gasteiger partial charge < -0.3 is 14.7 Å². The third kappa shape index (κ3) is 3.95. The number of likely N-dealkylation sites (N-methyl/N-ethyl adjacent to an activating group) is 1. The Kier molecular flexibility index (Phi) is 5.55. The number of piperidine rings is 1. The van der Waals surface area contributed by atoms with Crippen LogP contribution >= 0.6 is 0 Å². The van der Waals surface area contributed by atoms with Gasteiger partial charge in [0, 0.05) is 26.7 Å². The van der Waals surface area contributed by atoms with Gasteiger partial charge in [-0.1, -0.05) is 60.7 Å². The first-order valence-electron chi connectivity index (χ1n) is 11.3. The predicted molar refractivity (Wildman–Crippen MR) is 123 cm³/mol. The lowest BCUT2D eigenvalue weighted by Gasteiger charge is -2.39. The Bertz CT molecular complexity index is 1000. The number of nitrogens with one attached hydrogen (secondary N) is 1. The minimum Gasteiger partial charge on any atom is -0.343 e. The molecule has 0 radical (unpaired) electrons. The summed E-state index contributed by atoms with van der Waals surface area (Å²) in [7, 11) is 1.71. The smallest absolute Gasteiger partial charge is 0.325 e. The van der Waals surface area contributed by atoms with E-state index in [0.717, 1.165) is 43.9 Å². The number of amides is 3. The van der Waals surface area contributed by atoms with Crippen LogP contribution in [0.3, 0.4) is 0 Å². The number of likely N-dealkylation sites (tertiary alicyclic amines) is 1. The first kappa shape index (κ1) is 20.5. The molecule has 0 saturated carbocycles. The average Bonchev–Trinajstić information content (AvgIpc) is 3.19. The average molecular weight is 432 g/mol. The molecule has 166 valence electrons. The Morgan fingerprint density at radius 1 is 0.938 bits per heavy atom. The molecule has 2 atom stereocenters. The molecule has 0 aromatic heterocycles. The molecule has 2 aromatic carbocycles. The topological polar surface area (TPSA) is 68.2 Å². The fourth-order valence-corrected chi connectivity index (χ4v) is 5.01. The SMILES string of the molecule is CN1C(=O)NC(=O)C2C1N=C(N1CCC(Cc3ccccc3)CC1)N2Cc1ccccc1. The summed E-state index contributed by atoms with van der Waals surface area (Å²) >= 11 is 0. The third-order valence-electron chi connectivity index (χ3n) is 6.80. The van der Waals surface area contributed by atoms with Crippen LogP contribution in [0, 0.1) is 5.92 Å². The van der Waals surface area contributed by atoms with Gasteiger partial charge in [0.1, 0.15) is 0 Å². The summed E-state index contributed by atoms with van der Waals surface area (Å²) in [6.45, 7) is 2.39. The number of fused-ring (bicyclic) bond motifs is 1. The number of guanidine groups is 1. The molecular weight excluding hydrogens is 402 g/mol. The van der Waals surface area contributed by atoms with Crippen LogP contribution in [-0.2, 0) is 17.8 Å². The number of carbonyl (C=O) groups excluding carboxylic acids is 2. The van der Waals surface area contributed by atoms with E-state index in [4.69, 9.17) is 4.99 Å². The van der Waals surface area contributed by atoms with Crippen molar-refractivity contribution in [2.24, 2.45) is 10.9 Å². The Labute approximate surface area is 188 Å². The van der Waals surface area contributed by atoms with Crippen LogP contribution in [0.1, 0.15) is 24.0 Å². The van der Waals surface area contributed by atoms with E-state index in [1.54, 1.807) is 11.9 Å². The molecule has 5 rings (SSSR count). The molecule has 3 aliphatic rings. The van der Waals surface area contributed by atoms with Crippen molar-refractivity contribution in [2.75, 3.05) is 20.1 Å². The second-order valence-corrected chi connectivity index (χ2v) is 8.93. The highest BCUT2D eigenvalue weighted by molar-refractivity contribution is 6.03. The van der Waals surface area contributed by atoms with Crippen molar-refractivity contribution >= 4 is 17.9 Å². The van der Waals surface area contributed by atoms with Crippen molar-refractivity contribution in [3.63, 3.8) is 0 Å². The van der Waals surface area contributed by atoms with Crippen molar-refractivity contribution < 1.29 is 9.59 Å². The lowest BCUT2D eigenvalue weighted by molar-refractivity contribution is -0.127. The van der Waals surface area contributed by atoms with Gasteiger partial charge in [0.05, 0.1) is 0 Å². The minimum absolute atomic E-state index is 0.272. The van der Waals surface area contributed by atoms with E-state index in [1.807, 2.05) is 18.2 Å². The van der Waals surface area contributed by atoms with Gasteiger partial charge in [0.15, 0.2) is 18.2 Å². The lowest BCUT2D eigenvalue weighted by atomic mass is 9.90. The normalized spacial score (nSPS) is 23.8. The van der Waals surface area contributed by atoms with Gasteiger partial charge in [0.25, 0.3) is 5.91 Å². The van der Waals surface area contributed by atoms with E-state index in [0.29, 0.717) is 12.5 Å². The number of urea groups is 1. The molecule has 2 saturated heterocycles. The quantitative estimate of drug-likeness (QED) is 0.808. The van der Waals surface area contributed by atoms with E-state index < -0.39 is 12.2 Å². The van der Waals surface area contributed by atoms with E-state index in [2.05, 4.69) is 57.6 Å². The summed E-state index contributed by atoms with van der Waals surface area (Å²) in [5.41, 5.74) is 2.50. The maximum absolute atomic E-state index is 12.8. The maximum Gasteiger partial charge on any atom is 0.325 e. The Morgan fingerprint density at radius 3 is 2.22 bits per heavy atom. The Balaban J connectivity index is 1.34. The largest absolute Gasteiger partial charge is 0.343 e. The van der Waals surface area contributed by atoms with Crippen LogP contribution < -0.4 is 5.32 Å². The molecule has 7 nitrogen and oxygen atoms in total. The van der Waals surface area contributed by atoms with E-state index in [9.17, 15) is 9.59 Å². The van der Waals surface area contributed by atoms with Crippen molar-refractivity contribution in [1.82, 2.24) is 20.0 Å². The van der Waals surface area contributed by atoms with Crippen molar-refractivity contribution in [2.45, 2.75) is 38.0 Å². The van der Waals surface area contributed by atoms with Gasteiger partial charge in [-0.25, -0.2) is 9.79 Å². The molecule has 2 fully saturated rings. The van der Waals surface area contributed by atoms with E-state index >= 15 is 0 Å².